The number of carbonyl (C=O) groups excluding carboxylic acids is 2. The summed E-state index contributed by atoms with van der Waals surface area (Å²) >= 11 is 0. The van der Waals surface area contributed by atoms with Gasteiger partial charge in [-0.05, 0) is 13.5 Å². The molecule has 0 N–H and O–H groups in total. The van der Waals surface area contributed by atoms with Gasteiger partial charge >= 0.3 is 11.9 Å². The van der Waals surface area contributed by atoms with Gasteiger partial charge in [0.1, 0.15) is 13.2 Å². The second-order valence-electron chi connectivity index (χ2n) is 3.69. The van der Waals surface area contributed by atoms with Crippen LogP contribution in [0, 0.1) is 0 Å². The molecule has 0 bridgehead atoms. The van der Waals surface area contributed by atoms with Crippen molar-refractivity contribution in [2.75, 3.05) is 32.8 Å². The van der Waals surface area contributed by atoms with Gasteiger partial charge in [0.15, 0.2) is 0 Å². The number of hydrogen-bond donors (Lipinski definition) is 0. The average molecular weight is 243 g/mol. The maximum absolute atomic E-state index is 11.1. The van der Waals surface area contributed by atoms with Crippen LogP contribution in [-0.2, 0) is 19.1 Å². The lowest BCUT2D eigenvalue weighted by Crippen LogP contribution is -2.31. The Bertz CT molecular complexity index is 276. The SMILES string of the molecule is C=C(C)C(=O)OCCN(CC)CCOC(C)=O. The average Bonchev–Trinajstić information content (AvgIpc) is 2.26. The molecule has 0 saturated heterocycles. The van der Waals surface area contributed by atoms with Crippen LogP contribution in [0.25, 0.3) is 0 Å². The summed E-state index contributed by atoms with van der Waals surface area (Å²) in [6.07, 6.45) is 0. The molecule has 0 aliphatic carbocycles. The Kier molecular flexibility index (Phi) is 8.05. The molecule has 0 radical (unpaired) electrons. The van der Waals surface area contributed by atoms with E-state index in [1.54, 1.807) is 6.92 Å². The summed E-state index contributed by atoms with van der Waals surface area (Å²) in [5.74, 6) is -0.657. The molecule has 5 heteroatoms. The third kappa shape index (κ3) is 8.45. The lowest BCUT2D eigenvalue weighted by molar-refractivity contribution is -0.141. The van der Waals surface area contributed by atoms with Gasteiger partial charge in [0.25, 0.3) is 0 Å². The number of likely N-dealkylation sites (N-methyl/N-ethyl adjacent to an activating group) is 1. The first-order valence-corrected chi connectivity index (χ1v) is 5.65. The summed E-state index contributed by atoms with van der Waals surface area (Å²) in [6.45, 7) is 11.2. The van der Waals surface area contributed by atoms with E-state index < -0.39 is 0 Å². The molecule has 0 spiro atoms. The van der Waals surface area contributed by atoms with Gasteiger partial charge in [0, 0.05) is 25.6 Å². The summed E-state index contributed by atoms with van der Waals surface area (Å²) in [4.78, 5) is 23.7. The fourth-order valence-electron chi connectivity index (χ4n) is 1.14. The number of carbonyl (C=O) groups is 2. The monoisotopic (exact) mass is 243 g/mol. The molecule has 0 heterocycles. The Hall–Kier alpha value is -1.36. The summed E-state index contributed by atoms with van der Waals surface area (Å²) in [5, 5.41) is 0. The van der Waals surface area contributed by atoms with Gasteiger partial charge in [0.2, 0.25) is 0 Å². The molecule has 0 fully saturated rings. The van der Waals surface area contributed by atoms with Gasteiger partial charge in [-0.3, -0.25) is 9.69 Å². The van der Waals surface area contributed by atoms with Gasteiger partial charge in [-0.15, -0.1) is 0 Å². The summed E-state index contributed by atoms with van der Waals surface area (Å²) < 4.78 is 9.81. The van der Waals surface area contributed by atoms with Crippen LogP contribution < -0.4 is 0 Å². The molecule has 0 aromatic carbocycles. The van der Waals surface area contributed by atoms with Crippen molar-refractivity contribution in [2.45, 2.75) is 20.8 Å². The van der Waals surface area contributed by atoms with Crippen molar-refractivity contribution >= 4 is 11.9 Å². The number of rotatable bonds is 8. The van der Waals surface area contributed by atoms with Crippen LogP contribution in [0.2, 0.25) is 0 Å². The maximum Gasteiger partial charge on any atom is 0.333 e. The van der Waals surface area contributed by atoms with E-state index in [4.69, 9.17) is 9.47 Å². The van der Waals surface area contributed by atoms with E-state index >= 15 is 0 Å². The molecule has 5 nitrogen and oxygen atoms in total. The first kappa shape index (κ1) is 15.6. The zero-order chi connectivity index (χ0) is 13.3. The molecule has 0 saturated carbocycles. The Morgan fingerprint density at radius 3 is 2.06 bits per heavy atom. The van der Waals surface area contributed by atoms with Gasteiger partial charge in [-0.1, -0.05) is 13.5 Å². The quantitative estimate of drug-likeness (QED) is 0.470. The highest BCUT2D eigenvalue weighted by atomic mass is 16.5. The van der Waals surface area contributed by atoms with E-state index in [9.17, 15) is 9.59 Å². The Labute approximate surface area is 102 Å². The molecule has 0 aliphatic heterocycles. The standard InChI is InChI=1S/C12H21NO4/c1-5-13(6-8-16-11(4)14)7-9-17-12(15)10(2)3/h2,5-9H2,1,3-4H3. The van der Waals surface area contributed by atoms with Gasteiger partial charge in [-0.25, -0.2) is 4.79 Å². The molecule has 0 aliphatic rings. The molecule has 98 valence electrons. The van der Waals surface area contributed by atoms with Crippen molar-refractivity contribution in [3.05, 3.63) is 12.2 Å². The van der Waals surface area contributed by atoms with Crippen LogP contribution in [0.3, 0.4) is 0 Å². The predicted molar refractivity (Wildman–Crippen MR) is 64.5 cm³/mol. The van der Waals surface area contributed by atoms with E-state index in [-0.39, 0.29) is 11.9 Å². The third-order valence-electron chi connectivity index (χ3n) is 2.15. The second kappa shape index (κ2) is 8.75. The van der Waals surface area contributed by atoms with Crippen LogP contribution >= 0.6 is 0 Å². The van der Waals surface area contributed by atoms with Crippen LogP contribution in [0.15, 0.2) is 12.2 Å². The zero-order valence-electron chi connectivity index (χ0n) is 10.8. The smallest absolute Gasteiger partial charge is 0.333 e. The molecule has 0 atom stereocenters. The molecule has 0 aromatic rings. The van der Waals surface area contributed by atoms with Crippen LogP contribution in [0.1, 0.15) is 20.8 Å². The van der Waals surface area contributed by atoms with Crippen molar-refractivity contribution in [3.63, 3.8) is 0 Å². The van der Waals surface area contributed by atoms with Gasteiger partial charge in [-0.2, -0.15) is 0 Å². The van der Waals surface area contributed by atoms with Crippen molar-refractivity contribution in [3.8, 4) is 0 Å². The lowest BCUT2D eigenvalue weighted by Gasteiger charge is -2.19. The molecule has 0 amide bonds. The maximum atomic E-state index is 11.1. The molecular weight excluding hydrogens is 222 g/mol. The lowest BCUT2D eigenvalue weighted by atomic mass is 10.4. The minimum Gasteiger partial charge on any atom is -0.465 e. The van der Waals surface area contributed by atoms with Crippen LogP contribution in [0.5, 0.6) is 0 Å². The van der Waals surface area contributed by atoms with Crippen molar-refractivity contribution < 1.29 is 19.1 Å². The number of hydrogen-bond acceptors (Lipinski definition) is 5. The molecule has 0 unspecified atom stereocenters. The van der Waals surface area contributed by atoms with Crippen LogP contribution in [0.4, 0.5) is 0 Å². The Balaban J connectivity index is 3.71. The number of esters is 2. The van der Waals surface area contributed by atoms with E-state index in [1.807, 2.05) is 11.8 Å². The molecule has 17 heavy (non-hydrogen) atoms. The van der Waals surface area contributed by atoms with Crippen molar-refractivity contribution in [1.82, 2.24) is 4.90 Å². The van der Waals surface area contributed by atoms with Crippen LogP contribution in [-0.4, -0.2) is 49.7 Å². The third-order valence-corrected chi connectivity index (χ3v) is 2.15. The fraction of sp³-hybridized carbons (Fsp3) is 0.667. The van der Waals surface area contributed by atoms with Gasteiger partial charge in [0.05, 0.1) is 0 Å². The van der Waals surface area contributed by atoms with Gasteiger partial charge < -0.3 is 9.47 Å². The second-order valence-corrected chi connectivity index (χ2v) is 3.69. The topological polar surface area (TPSA) is 55.8 Å². The van der Waals surface area contributed by atoms with E-state index in [1.165, 1.54) is 6.92 Å². The highest BCUT2D eigenvalue weighted by Gasteiger charge is 2.06. The molecule has 0 rings (SSSR count). The number of ether oxygens (including phenoxy) is 2. The summed E-state index contributed by atoms with van der Waals surface area (Å²) in [5.41, 5.74) is 0.396. The van der Waals surface area contributed by atoms with Crippen molar-refractivity contribution in [1.29, 1.82) is 0 Å². The largest absolute Gasteiger partial charge is 0.465 e. The van der Waals surface area contributed by atoms with Crippen molar-refractivity contribution in [2.24, 2.45) is 0 Å². The molecule has 0 aromatic heterocycles. The highest BCUT2D eigenvalue weighted by Crippen LogP contribution is 1.94. The number of nitrogens with zero attached hydrogens (tertiary/aromatic N) is 1. The predicted octanol–water partition coefficient (Wildman–Crippen LogP) is 0.991. The zero-order valence-corrected chi connectivity index (χ0v) is 10.8. The first-order chi connectivity index (χ1) is 7.97. The summed E-state index contributed by atoms with van der Waals surface area (Å²) in [6, 6.07) is 0. The van der Waals surface area contributed by atoms with E-state index in [0.29, 0.717) is 31.9 Å². The summed E-state index contributed by atoms with van der Waals surface area (Å²) in [7, 11) is 0. The Morgan fingerprint density at radius 1 is 1.12 bits per heavy atom. The minimum atomic E-state index is -0.374. The van der Waals surface area contributed by atoms with E-state index in [2.05, 4.69) is 6.58 Å². The fourth-order valence-corrected chi connectivity index (χ4v) is 1.14. The normalized spacial score (nSPS) is 10.1. The molecular formula is C12H21NO4. The first-order valence-electron chi connectivity index (χ1n) is 5.65. The minimum absolute atomic E-state index is 0.283. The van der Waals surface area contributed by atoms with E-state index in [0.717, 1.165) is 6.54 Å². The highest BCUT2D eigenvalue weighted by molar-refractivity contribution is 5.86. The Morgan fingerprint density at radius 2 is 1.65 bits per heavy atom.